The van der Waals surface area contributed by atoms with Crippen LogP contribution in [0.15, 0.2) is 42.5 Å². The van der Waals surface area contributed by atoms with Crippen molar-refractivity contribution in [3.63, 3.8) is 0 Å². The molecule has 1 aliphatic heterocycles. The molecule has 3 rings (SSSR count). The Morgan fingerprint density at radius 1 is 1.35 bits per heavy atom. The predicted octanol–water partition coefficient (Wildman–Crippen LogP) is 2.91. The van der Waals surface area contributed by atoms with Gasteiger partial charge in [0.1, 0.15) is 18.5 Å². The molecule has 1 fully saturated rings. The number of ketones is 1. The van der Waals surface area contributed by atoms with Gasteiger partial charge in [-0.2, -0.15) is 0 Å². The van der Waals surface area contributed by atoms with Gasteiger partial charge in [-0.25, -0.2) is 0 Å². The zero-order valence-electron chi connectivity index (χ0n) is 12.5. The number of ether oxygens (including phenoxy) is 2. The molecule has 2 aromatic rings. The van der Waals surface area contributed by atoms with Crippen LogP contribution in [0.4, 0.5) is 5.69 Å². The van der Waals surface area contributed by atoms with Gasteiger partial charge in [0.25, 0.3) is 5.69 Å². The lowest BCUT2D eigenvalue weighted by atomic mass is 9.98. The minimum Gasteiger partial charge on any atom is -0.491 e. The minimum atomic E-state index is -0.533. The monoisotopic (exact) mass is 313 g/mol. The second-order valence-corrected chi connectivity index (χ2v) is 5.38. The van der Waals surface area contributed by atoms with Crippen LogP contribution in [0.5, 0.6) is 5.75 Å². The van der Waals surface area contributed by atoms with Crippen molar-refractivity contribution in [1.82, 2.24) is 0 Å². The molecular formula is C17H15NO5. The van der Waals surface area contributed by atoms with Gasteiger partial charge < -0.3 is 9.47 Å². The molecule has 0 saturated carbocycles. The summed E-state index contributed by atoms with van der Waals surface area (Å²) in [6.45, 7) is 2.77. The van der Waals surface area contributed by atoms with Crippen LogP contribution in [-0.2, 0) is 4.74 Å². The van der Waals surface area contributed by atoms with E-state index in [-0.39, 0.29) is 23.1 Å². The van der Waals surface area contributed by atoms with Gasteiger partial charge in [-0.15, -0.1) is 0 Å². The van der Waals surface area contributed by atoms with Gasteiger partial charge in [-0.1, -0.05) is 24.3 Å². The van der Waals surface area contributed by atoms with Crippen molar-refractivity contribution in [3.05, 3.63) is 69.3 Å². The van der Waals surface area contributed by atoms with Gasteiger partial charge in [-0.3, -0.25) is 14.9 Å². The topological polar surface area (TPSA) is 82.0 Å². The average molecular weight is 313 g/mol. The lowest BCUT2D eigenvalue weighted by Gasteiger charge is -2.08. The molecule has 1 heterocycles. The number of nitrogens with zero attached hydrogens (tertiary/aromatic N) is 1. The highest BCUT2D eigenvalue weighted by Gasteiger charge is 2.24. The van der Waals surface area contributed by atoms with Crippen molar-refractivity contribution in [1.29, 1.82) is 0 Å². The predicted molar refractivity (Wildman–Crippen MR) is 82.9 cm³/mol. The van der Waals surface area contributed by atoms with Gasteiger partial charge >= 0.3 is 0 Å². The Morgan fingerprint density at radius 3 is 2.74 bits per heavy atom. The fourth-order valence-corrected chi connectivity index (χ4v) is 2.24. The molecule has 23 heavy (non-hydrogen) atoms. The largest absolute Gasteiger partial charge is 0.491 e. The van der Waals surface area contributed by atoms with Gasteiger partial charge in [0, 0.05) is 17.2 Å². The molecule has 1 atom stereocenters. The first kappa shape index (κ1) is 15.2. The van der Waals surface area contributed by atoms with Crippen molar-refractivity contribution in [3.8, 4) is 5.75 Å². The lowest BCUT2D eigenvalue weighted by Crippen LogP contribution is -2.08. The van der Waals surface area contributed by atoms with Crippen LogP contribution in [0.1, 0.15) is 21.5 Å². The summed E-state index contributed by atoms with van der Waals surface area (Å²) in [5.74, 6) is 0.0333. The molecule has 0 radical (unpaired) electrons. The molecule has 0 N–H and O–H groups in total. The van der Waals surface area contributed by atoms with Crippen LogP contribution in [0, 0.1) is 17.0 Å². The maximum absolute atomic E-state index is 12.6. The lowest BCUT2D eigenvalue weighted by molar-refractivity contribution is -0.385. The van der Waals surface area contributed by atoms with Crippen LogP contribution < -0.4 is 4.74 Å². The minimum absolute atomic E-state index is 0.0322. The maximum Gasteiger partial charge on any atom is 0.273 e. The highest BCUT2D eigenvalue weighted by molar-refractivity contribution is 6.10. The number of nitro groups is 1. The quantitative estimate of drug-likeness (QED) is 0.354. The smallest absolute Gasteiger partial charge is 0.273 e. The van der Waals surface area contributed by atoms with E-state index in [9.17, 15) is 14.9 Å². The van der Waals surface area contributed by atoms with Crippen molar-refractivity contribution >= 4 is 11.5 Å². The molecule has 1 unspecified atom stereocenters. The number of carbonyl (C=O) groups is 1. The fourth-order valence-electron chi connectivity index (χ4n) is 2.24. The highest BCUT2D eigenvalue weighted by atomic mass is 16.6. The molecule has 0 aliphatic carbocycles. The highest BCUT2D eigenvalue weighted by Crippen LogP contribution is 2.26. The summed E-state index contributed by atoms with van der Waals surface area (Å²) in [6, 6.07) is 11.3. The first-order valence-electron chi connectivity index (χ1n) is 7.19. The third kappa shape index (κ3) is 3.54. The summed E-state index contributed by atoms with van der Waals surface area (Å²) in [4.78, 5) is 23.2. The van der Waals surface area contributed by atoms with E-state index in [1.54, 1.807) is 12.1 Å². The number of epoxide rings is 1. The van der Waals surface area contributed by atoms with E-state index in [0.717, 1.165) is 5.56 Å². The Bertz CT molecular complexity index is 767. The Hall–Kier alpha value is -2.73. The zero-order valence-corrected chi connectivity index (χ0v) is 12.5. The number of benzene rings is 2. The molecule has 1 saturated heterocycles. The number of carbonyl (C=O) groups excluding carboxylic acids is 1. The second kappa shape index (κ2) is 6.18. The van der Waals surface area contributed by atoms with Crippen LogP contribution in [-0.4, -0.2) is 30.0 Å². The van der Waals surface area contributed by atoms with Crippen LogP contribution in [0.3, 0.4) is 0 Å². The summed E-state index contributed by atoms with van der Waals surface area (Å²) in [5.41, 5.74) is 1.40. The van der Waals surface area contributed by atoms with E-state index in [4.69, 9.17) is 9.47 Å². The molecule has 118 valence electrons. The molecule has 6 nitrogen and oxygen atoms in total. The van der Waals surface area contributed by atoms with Gasteiger partial charge in [0.15, 0.2) is 5.78 Å². The molecule has 0 spiro atoms. The van der Waals surface area contributed by atoms with E-state index in [1.165, 1.54) is 18.2 Å². The van der Waals surface area contributed by atoms with Crippen molar-refractivity contribution in [2.24, 2.45) is 0 Å². The maximum atomic E-state index is 12.6. The average Bonchev–Trinajstić information content (AvgIpc) is 3.37. The first-order chi connectivity index (χ1) is 11.0. The third-order valence-electron chi connectivity index (χ3n) is 3.59. The first-order valence-corrected chi connectivity index (χ1v) is 7.19. The normalized spacial score (nSPS) is 16.0. The molecule has 0 amide bonds. The Kier molecular flexibility index (Phi) is 4.08. The van der Waals surface area contributed by atoms with Gasteiger partial charge in [0.05, 0.1) is 17.6 Å². The molecule has 6 heteroatoms. The summed E-state index contributed by atoms with van der Waals surface area (Å²) < 4.78 is 10.5. The van der Waals surface area contributed by atoms with Crippen molar-refractivity contribution < 1.29 is 19.2 Å². The fraction of sp³-hybridized carbons (Fsp3) is 0.235. The number of hydrogen-bond acceptors (Lipinski definition) is 5. The number of non-ortho nitro benzene ring substituents is 1. The van der Waals surface area contributed by atoms with E-state index in [2.05, 4.69) is 0 Å². The Balaban J connectivity index is 1.94. The molecular weight excluding hydrogens is 298 g/mol. The molecule has 2 aromatic carbocycles. The number of aryl methyl sites for hydroxylation is 1. The second-order valence-electron chi connectivity index (χ2n) is 5.38. The van der Waals surface area contributed by atoms with Crippen LogP contribution >= 0.6 is 0 Å². The summed E-state index contributed by atoms with van der Waals surface area (Å²) in [5, 5.41) is 11.1. The van der Waals surface area contributed by atoms with Gasteiger partial charge in [-0.05, 0) is 18.6 Å². The number of rotatable bonds is 6. The Labute approximate surface area is 132 Å². The molecule has 0 aromatic heterocycles. The van der Waals surface area contributed by atoms with E-state index >= 15 is 0 Å². The number of nitro benzene ring substituents is 1. The molecule has 0 bridgehead atoms. The zero-order chi connectivity index (χ0) is 16.4. The van der Waals surface area contributed by atoms with E-state index in [1.807, 2.05) is 19.1 Å². The molecule has 1 aliphatic rings. The van der Waals surface area contributed by atoms with Crippen molar-refractivity contribution in [2.45, 2.75) is 13.0 Å². The van der Waals surface area contributed by atoms with Crippen molar-refractivity contribution in [2.75, 3.05) is 13.2 Å². The third-order valence-corrected chi connectivity index (χ3v) is 3.59. The van der Waals surface area contributed by atoms with E-state index in [0.29, 0.717) is 24.5 Å². The summed E-state index contributed by atoms with van der Waals surface area (Å²) in [7, 11) is 0. The summed E-state index contributed by atoms with van der Waals surface area (Å²) in [6.07, 6.45) is 0.0322. The SMILES string of the molecule is Cc1ccccc1C(=O)c1cc(OCC2CO2)cc([N+](=O)[O-])c1. The number of hydrogen-bond donors (Lipinski definition) is 0. The van der Waals surface area contributed by atoms with Gasteiger partial charge in [0.2, 0.25) is 0 Å². The Morgan fingerprint density at radius 2 is 2.09 bits per heavy atom. The summed E-state index contributed by atoms with van der Waals surface area (Å²) >= 11 is 0. The van der Waals surface area contributed by atoms with E-state index < -0.39 is 4.92 Å². The van der Waals surface area contributed by atoms with Crippen LogP contribution in [0.2, 0.25) is 0 Å². The standard InChI is InChI=1S/C17H15NO5/c1-11-4-2-3-5-16(11)17(19)12-6-13(18(20)21)8-14(7-12)22-9-15-10-23-15/h2-8,15H,9-10H2,1H3. The van der Waals surface area contributed by atoms with Crippen LogP contribution in [0.25, 0.3) is 0 Å².